The number of hydrogen-bond acceptors (Lipinski definition) is 3. The van der Waals surface area contributed by atoms with E-state index < -0.39 is 14.1 Å². The maximum absolute atomic E-state index is 9.99. The first-order valence-corrected chi connectivity index (χ1v) is 4.50. The predicted octanol–water partition coefficient (Wildman–Crippen LogP) is 0.0430. The summed E-state index contributed by atoms with van der Waals surface area (Å²) in [7, 11) is -4.56. The fourth-order valence-corrected chi connectivity index (χ4v) is 0.914. The lowest BCUT2D eigenvalue weighted by molar-refractivity contribution is -0.0372. The van der Waals surface area contributed by atoms with Crippen molar-refractivity contribution in [3.8, 4) is 0 Å². The Balaban J connectivity index is 3.58. The van der Waals surface area contributed by atoms with Crippen LogP contribution in [0.5, 0.6) is 0 Å². The van der Waals surface area contributed by atoms with Crippen LogP contribution in [-0.4, -0.2) is 27.1 Å². The molecule has 0 aromatic carbocycles. The van der Waals surface area contributed by atoms with Gasteiger partial charge in [0.05, 0.1) is 0 Å². The molecule has 7 heteroatoms. The Kier molecular flexibility index (Phi) is 4.44. The van der Waals surface area contributed by atoms with E-state index in [-0.39, 0.29) is 12.3 Å². The molecule has 1 atom stereocenters. The summed E-state index contributed by atoms with van der Waals surface area (Å²) in [5, 5.41) is 8.59. The lowest BCUT2D eigenvalue weighted by atomic mass is 10.5. The van der Waals surface area contributed by atoms with Crippen molar-refractivity contribution >= 4 is 19.4 Å². The van der Waals surface area contributed by atoms with Crippen LogP contribution in [0.3, 0.4) is 0 Å². The van der Waals surface area contributed by atoms with Gasteiger partial charge in [-0.25, -0.2) is 4.57 Å². The second kappa shape index (κ2) is 4.28. The summed E-state index contributed by atoms with van der Waals surface area (Å²) in [4.78, 5) is 16.2. The topological polar surface area (TPSA) is 87.0 Å². The van der Waals surface area contributed by atoms with Crippen LogP contribution in [0, 0.1) is 0 Å². The Morgan fingerprint density at radius 1 is 1.60 bits per heavy atom. The van der Waals surface area contributed by atoms with Crippen LogP contribution in [0.1, 0.15) is 6.42 Å². The Bertz CT molecular complexity index is 133. The molecule has 0 aliphatic carbocycles. The molecule has 0 aromatic rings. The van der Waals surface area contributed by atoms with Gasteiger partial charge in [0.25, 0.3) is 0 Å². The average molecular weight is 191 g/mol. The molecule has 0 spiro atoms. The summed E-state index contributed by atoms with van der Waals surface area (Å²) in [6.45, 7) is 0. The molecule has 62 valence electrons. The Hall–Kier alpha value is 0.360. The van der Waals surface area contributed by atoms with Crippen LogP contribution in [0.15, 0.2) is 0 Å². The third-order valence-corrected chi connectivity index (χ3v) is 1.35. The van der Waals surface area contributed by atoms with Gasteiger partial charge in [-0.15, -0.1) is 11.6 Å². The summed E-state index contributed by atoms with van der Waals surface area (Å²) in [5.74, 6) is 0.0845. The van der Waals surface area contributed by atoms with Crippen molar-refractivity contribution in [1.29, 1.82) is 0 Å². The number of rotatable bonds is 4. The molecule has 0 aliphatic rings. The predicted molar refractivity (Wildman–Crippen MR) is 34.5 cm³/mol. The van der Waals surface area contributed by atoms with Gasteiger partial charge < -0.3 is 14.9 Å². The zero-order valence-electron chi connectivity index (χ0n) is 4.97. The summed E-state index contributed by atoms with van der Waals surface area (Å²) < 4.78 is 13.8. The summed E-state index contributed by atoms with van der Waals surface area (Å²) in [6, 6.07) is 0. The molecule has 0 aromatic heterocycles. The maximum Gasteiger partial charge on any atom is 0.471 e. The third kappa shape index (κ3) is 6.48. The summed E-state index contributed by atoms with van der Waals surface area (Å²) in [6.07, 6.45) is -1.49. The Labute approximate surface area is 62.8 Å². The summed E-state index contributed by atoms with van der Waals surface area (Å²) in [5.41, 5.74) is 0. The molecule has 0 saturated carbocycles. The van der Waals surface area contributed by atoms with Crippen LogP contribution in [0.4, 0.5) is 0 Å². The molecule has 0 aliphatic heterocycles. The van der Waals surface area contributed by atoms with E-state index in [0.29, 0.717) is 0 Å². The Morgan fingerprint density at radius 2 is 2.10 bits per heavy atom. The molecule has 0 saturated heterocycles. The van der Waals surface area contributed by atoms with E-state index in [4.69, 9.17) is 26.5 Å². The highest BCUT2D eigenvalue weighted by molar-refractivity contribution is 7.46. The first-order valence-electron chi connectivity index (χ1n) is 2.43. The molecule has 1 unspecified atom stereocenters. The van der Waals surface area contributed by atoms with Gasteiger partial charge >= 0.3 is 7.82 Å². The van der Waals surface area contributed by atoms with Crippen molar-refractivity contribution in [1.82, 2.24) is 0 Å². The van der Waals surface area contributed by atoms with E-state index in [1.165, 1.54) is 0 Å². The highest BCUT2D eigenvalue weighted by Crippen LogP contribution is 2.37. The van der Waals surface area contributed by atoms with Crippen LogP contribution >= 0.6 is 19.4 Å². The zero-order valence-corrected chi connectivity index (χ0v) is 6.63. The molecule has 0 rings (SSSR count). The number of aliphatic hydroxyl groups is 1. The van der Waals surface area contributed by atoms with Gasteiger partial charge in [-0.1, -0.05) is 0 Å². The van der Waals surface area contributed by atoms with Crippen molar-refractivity contribution in [2.75, 3.05) is 5.88 Å². The second-order valence-electron chi connectivity index (χ2n) is 1.53. The van der Waals surface area contributed by atoms with Crippen molar-refractivity contribution in [3.05, 3.63) is 0 Å². The number of halogens is 1. The monoisotopic (exact) mass is 190 g/mol. The smallest absolute Gasteiger partial charge is 0.367 e. The maximum atomic E-state index is 9.99. The normalized spacial score (nSPS) is 15.2. The largest absolute Gasteiger partial charge is 0.471 e. The van der Waals surface area contributed by atoms with Crippen molar-refractivity contribution in [3.63, 3.8) is 0 Å². The minimum Gasteiger partial charge on any atom is -0.367 e. The van der Waals surface area contributed by atoms with Gasteiger partial charge in [0.1, 0.15) is 0 Å². The molecule has 0 radical (unpaired) electrons. The van der Waals surface area contributed by atoms with E-state index in [0.717, 1.165) is 0 Å². The summed E-state index contributed by atoms with van der Waals surface area (Å²) >= 11 is 5.13. The van der Waals surface area contributed by atoms with Gasteiger partial charge in [0.2, 0.25) is 0 Å². The van der Waals surface area contributed by atoms with Crippen LogP contribution in [0.25, 0.3) is 0 Å². The highest BCUT2D eigenvalue weighted by Gasteiger charge is 2.19. The fourth-order valence-electron chi connectivity index (χ4n) is 0.305. The molecule has 0 fully saturated rings. The number of alkyl halides is 1. The first kappa shape index (κ1) is 10.4. The number of phosphoric ester groups is 1. The van der Waals surface area contributed by atoms with Gasteiger partial charge in [-0.3, -0.25) is 4.52 Å². The molecular formula is C3H8ClO5P. The molecular weight excluding hydrogens is 182 g/mol. The van der Waals surface area contributed by atoms with Crippen molar-refractivity contribution in [2.24, 2.45) is 0 Å². The molecule has 0 heterocycles. The number of phosphoric acid groups is 1. The number of hydrogen-bond donors (Lipinski definition) is 3. The van der Waals surface area contributed by atoms with Gasteiger partial charge in [-0.2, -0.15) is 0 Å². The van der Waals surface area contributed by atoms with Gasteiger partial charge in [-0.05, 0) is 0 Å². The van der Waals surface area contributed by atoms with Gasteiger partial charge in [0.15, 0.2) is 6.29 Å². The third-order valence-electron chi connectivity index (χ3n) is 0.615. The minimum absolute atomic E-state index is 0.00728. The quantitative estimate of drug-likeness (QED) is 0.331. The lowest BCUT2D eigenvalue weighted by Crippen LogP contribution is -2.10. The van der Waals surface area contributed by atoms with E-state index in [9.17, 15) is 4.57 Å². The standard InChI is InChI=1S/C3H8ClO5P/c4-2-1-3(5)9-10(6,7)8/h3,5H,1-2H2,(H2,6,7,8). The zero-order chi connectivity index (χ0) is 8.20. The minimum atomic E-state index is -4.56. The van der Waals surface area contributed by atoms with Gasteiger partial charge in [0, 0.05) is 12.3 Å². The van der Waals surface area contributed by atoms with E-state index in [1.807, 2.05) is 0 Å². The molecule has 5 nitrogen and oxygen atoms in total. The Morgan fingerprint density at radius 3 is 2.40 bits per heavy atom. The van der Waals surface area contributed by atoms with Crippen LogP contribution < -0.4 is 0 Å². The first-order chi connectivity index (χ1) is 4.45. The molecule has 10 heavy (non-hydrogen) atoms. The fraction of sp³-hybridized carbons (Fsp3) is 1.00. The van der Waals surface area contributed by atoms with E-state index in [1.54, 1.807) is 0 Å². The van der Waals surface area contributed by atoms with Crippen LogP contribution in [-0.2, 0) is 9.09 Å². The van der Waals surface area contributed by atoms with E-state index in [2.05, 4.69) is 4.52 Å². The van der Waals surface area contributed by atoms with E-state index >= 15 is 0 Å². The highest BCUT2D eigenvalue weighted by atomic mass is 35.5. The van der Waals surface area contributed by atoms with Crippen molar-refractivity contribution < 1.29 is 24.0 Å². The molecule has 0 bridgehead atoms. The average Bonchev–Trinajstić information content (AvgIpc) is 1.59. The van der Waals surface area contributed by atoms with Crippen LogP contribution in [0.2, 0.25) is 0 Å². The van der Waals surface area contributed by atoms with Crippen molar-refractivity contribution in [2.45, 2.75) is 12.7 Å². The second-order valence-corrected chi connectivity index (χ2v) is 3.10. The lowest BCUT2D eigenvalue weighted by Gasteiger charge is -2.09. The molecule has 3 N–H and O–H groups in total. The molecule has 0 amide bonds. The number of aliphatic hydroxyl groups excluding tert-OH is 1. The SMILES string of the molecule is O=P(O)(O)OC(O)CCCl.